The molecule has 0 N–H and O–H groups in total. The number of rotatable bonds is 4. The van der Waals surface area contributed by atoms with Crippen LogP contribution in [0.2, 0.25) is 0 Å². The maximum absolute atomic E-state index is 8.66. The van der Waals surface area contributed by atoms with Crippen molar-refractivity contribution in [2.75, 3.05) is 0 Å². The molecule has 0 radical (unpaired) electrons. The van der Waals surface area contributed by atoms with Crippen molar-refractivity contribution in [3.63, 3.8) is 0 Å². The topological polar surface area (TPSA) is 54.5 Å². The van der Waals surface area contributed by atoms with E-state index in [0.717, 1.165) is 18.7 Å². The maximum atomic E-state index is 8.66. The molecular formula is C10H14N4. The van der Waals surface area contributed by atoms with Crippen LogP contribution >= 0.6 is 0 Å². The zero-order valence-corrected chi connectivity index (χ0v) is 8.40. The van der Waals surface area contributed by atoms with Gasteiger partial charge in [0, 0.05) is 12.5 Å². The summed E-state index contributed by atoms with van der Waals surface area (Å²) in [7, 11) is 0. The minimum Gasteiger partial charge on any atom is -0.249 e. The summed E-state index contributed by atoms with van der Waals surface area (Å²) in [6, 6.07) is 2.15. The molecule has 0 saturated heterocycles. The van der Waals surface area contributed by atoms with Gasteiger partial charge in [-0.15, -0.1) is 5.10 Å². The number of nitrogens with zero attached hydrogens (tertiary/aromatic N) is 4. The van der Waals surface area contributed by atoms with Crippen LogP contribution in [0.15, 0.2) is 0 Å². The monoisotopic (exact) mass is 190 g/mol. The Kier molecular flexibility index (Phi) is 2.49. The Balaban J connectivity index is 2.27. The summed E-state index contributed by atoms with van der Waals surface area (Å²) in [5, 5.41) is 16.8. The highest BCUT2D eigenvalue weighted by Crippen LogP contribution is 2.41. The average molecular weight is 190 g/mol. The molecule has 0 bridgehead atoms. The molecule has 1 aliphatic rings. The van der Waals surface area contributed by atoms with Crippen molar-refractivity contribution in [2.24, 2.45) is 0 Å². The molecule has 1 aromatic heterocycles. The van der Waals surface area contributed by atoms with E-state index in [1.54, 1.807) is 0 Å². The number of aryl methyl sites for hydroxylation is 1. The first-order chi connectivity index (χ1) is 6.86. The van der Waals surface area contributed by atoms with Crippen molar-refractivity contribution in [1.29, 1.82) is 5.26 Å². The third kappa shape index (κ3) is 1.63. The van der Waals surface area contributed by atoms with Crippen LogP contribution in [0.25, 0.3) is 0 Å². The van der Waals surface area contributed by atoms with E-state index in [9.17, 15) is 0 Å². The molecule has 1 fully saturated rings. The Morgan fingerprint density at radius 3 is 2.93 bits per heavy atom. The van der Waals surface area contributed by atoms with Gasteiger partial charge >= 0.3 is 0 Å². The van der Waals surface area contributed by atoms with E-state index in [0.29, 0.717) is 12.3 Å². The summed E-state index contributed by atoms with van der Waals surface area (Å²) in [6.45, 7) is 3.05. The summed E-state index contributed by atoms with van der Waals surface area (Å²) in [6.07, 6.45) is 3.93. The standard InChI is InChI=1S/C10H14N4/c1-2-7-14-10(8-3-4-8)9(5-6-11)12-13-14/h8H,2-5,7H2,1H3. The first-order valence-electron chi connectivity index (χ1n) is 5.16. The van der Waals surface area contributed by atoms with E-state index in [1.165, 1.54) is 18.5 Å². The maximum Gasteiger partial charge on any atom is 0.100 e. The molecule has 0 unspecified atom stereocenters. The second-order valence-electron chi connectivity index (χ2n) is 3.75. The highest BCUT2D eigenvalue weighted by molar-refractivity contribution is 5.22. The first kappa shape index (κ1) is 9.20. The molecule has 0 aliphatic heterocycles. The van der Waals surface area contributed by atoms with E-state index in [1.807, 2.05) is 4.68 Å². The first-order valence-corrected chi connectivity index (χ1v) is 5.16. The van der Waals surface area contributed by atoms with Gasteiger partial charge in [0.15, 0.2) is 0 Å². The Morgan fingerprint density at radius 2 is 2.36 bits per heavy atom. The summed E-state index contributed by atoms with van der Waals surface area (Å²) in [5.41, 5.74) is 2.11. The molecule has 74 valence electrons. The van der Waals surface area contributed by atoms with Crippen molar-refractivity contribution < 1.29 is 0 Å². The van der Waals surface area contributed by atoms with Crippen LogP contribution in [0.3, 0.4) is 0 Å². The zero-order chi connectivity index (χ0) is 9.97. The highest BCUT2D eigenvalue weighted by Gasteiger charge is 2.30. The number of aromatic nitrogens is 3. The van der Waals surface area contributed by atoms with Crippen molar-refractivity contribution in [2.45, 2.75) is 45.1 Å². The SMILES string of the molecule is CCCn1nnc(CC#N)c1C1CC1. The molecule has 1 heterocycles. The molecule has 1 aliphatic carbocycles. The molecule has 4 nitrogen and oxygen atoms in total. The normalized spacial score (nSPS) is 15.4. The minimum atomic E-state index is 0.398. The van der Waals surface area contributed by atoms with Gasteiger partial charge in [-0.3, -0.25) is 0 Å². The van der Waals surface area contributed by atoms with E-state index in [-0.39, 0.29) is 0 Å². The smallest absolute Gasteiger partial charge is 0.100 e. The minimum absolute atomic E-state index is 0.398. The van der Waals surface area contributed by atoms with Crippen LogP contribution in [0.4, 0.5) is 0 Å². The molecule has 1 saturated carbocycles. The van der Waals surface area contributed by atoms with Crippen molar-refractivity contribution in [1.82, 2.24) is 15.0 Å². The third-order valence-corrected chi connectivity index (χ3v) is 2.49. The lowest BCUT2D eigenvalue weighted by Crippen LogP contribution is -2.04. The van der Waals surface area contributed by atoms with Crippen LogP contribution in [0.5, 0.6) is 0 Å². The predicted octanol–water partition coefficient (Wildman–Crippen LogP) is 1.63. The number of hydrogen-bond acceptors (Lipinski definition) is 3. The molecule has 2 rings (SSSR count). The predicted molar refractivity (Wildman–Crippen MR) is 51.6 cm³/mol. The van der Waals surface area contributed by atoms with E-state index in [2.05, 4.69) is 23.3 Å². The fraction of sp³-hybridized carbons (Fsp3) is 0.700. The van der Waals surface area contributed by atoms with Crippen LogP contribution < -0.4 is 0 Å². The molecule has 0 aromatic carbocycles. The summed E-state index contributed by atoms with van der Waals surface area (Å²) >= 11 is 0. The number of hydrogen-bond donors (Lipinski definition) is 0. The van der Waals surface area contributed by atoms with E-state index < -0.39 is 0 Å². The van der Waals surface area contributed by atoms with Crippen LogP contribution in [0.1, 0.15) is 43.5 Å². The van der Waals surface area contributed by atoms with Crippen LogP contribution in [-0.4, -0.2) is 15.0 Å². The van der Waals surface area contributed by atoms with Gasteiger partial charge in [-0.25, -0.2) is 4.68 Å². The molecular weight excluding hydrogens is 176 g/mol. The summed E-state index contributed by atoms with van der Waals surface area (Å²) < 4.78 is 1.98. The molecule has 14 heavy (non-hydrogen) atoms. The second kappa shape index (κ2) is 3.79. The van der Waals surface area contributed by atoms with Crippen LogP contribution in [0, 0.1) is 11.3 Å². The summed E-state index contributed by atoms with van der Waals surface area (Å²) in [4.78, 5) is 0. The van der Waals surface area contributed by atoms with Crippen molar-refractivity contribution in [3.05, 3.63) is 11.4 Å². The Hall–Kier alpha value is -1.37. The molecule has 0 atom stereocenters. The molecule has 0 spiro atoms. The van der Waals surface area contributed by atoms with E-state index in [4.69, 9.17) is 5.26 Å². The third-order valence-electron chi connectivity index (χ3n) is 2.49. The largest absolute Gasteiger partial charge is 0.249 e. The lowest BCUT2D eigenvalue weighted by molar-refractivity contribution is 0.556. The Bertz CT molecular complexity index is 357. The zero-order valence-electron chi connectivity index (χ0n) is 8.40. The number of nitriles is 1. The van der Waals surface area contributed by atoms with Gasteiger partial charge in [0.05, 0.1) is 18.2 Å². The van der Waals surface area contributed by atoms with Gasteiger partial charge in [-0.2, -0.15) is 5.26 Å². The lowest BCUT2D eigenvalue weighted by Gasteiger charge is -2.03. The fourth-order valence-electron chi connectivity index (χ4n) is 1.74. The van der Waals surface area contributed by atoms with Crippen molar-refractivity contribution >= 4 is 0 Å². The Labute approximate surface area is 83.5 Å². The Morgan fingerprint density at radius 1 is 1.57 bits per heavy atom. The van der Waals surface area contributed by atoms with Gasteiger partial charge < -0.3 is 0 Å². The summed E-state index contributed by atoms with van der Waals surface area (Å²) in [5.74, 6) is 0.625. The molecule has 0 amide bonds. The van der Waals surface area contributed by atoms with Crippen molar-refractivity contribution in [3.8, 4) is 6.07 Å². The van der Waals surface area contributed by atoms with Gasteiger partial charge in [0.2, 0.25) is 0 Å². The second-order valence-corrected chi connectivity index (χ2v) is 3.75. The fourth-order valence-corrected chi connectivity index (χ4v) is 1.74. The van der Waals surface area contributed by atoms with Gasteiger partial charge in [0.1, 0.15) is 5.69 Å². The highest BCUT2D eigenvalue weighted by atomic mass is 15.4. The molecule has 1 aromatic rings. The lowest BCUT2D eigenvalue weighted by atomic mass is 10.2. The average Bonchev–Trinajstić information content (AvgIpc) is 2.93. The van der Waals surface area contributed by atoms with Gasteiger partial charge in [-0.1, -0.05) is 12.1 Å². The van der Waals surface area contributed by atoms with E-state index >= 15 is 0 Å². The van der Waals surface area contributed by atoms with Crippen LogP contribution in [-0.2, 0) is 13.0 Å². The molecule has 4 heteroatoms. The van der Waals surface area contributed by atoms with Gasteiger partial charge in [0.25, 0.3) is 0 Å². The van der Waals surface area contributed by atoms with Gasteiger partial charge in [-0.05, 0) is 19.3 Å². The quantitative estimate of drug-likeness (QED) is 0.725.